The molecule has 4 atom stereocenters. The van der Waals surface area contributed by atoms with E-state index < -0.39 is 41.9 Å². The largest absolute Gasteiger partial charge is 0.370 e. The van der Waals surface area contributed by atoms with Crippen LogP contribution in [0.3, 0.4) is 0 Å². The van der Waals surface area contributed by atoms with Crippen molar-refractivity contribution >= 4 is 41.4 Å². The Bertz CT molecular complexity index is 1450. The highest BCUT2D eigenvalue weighted by atomic mass is 16.2. The Hall–Kier alpha value is -3.99. The minimum atomic E-state index is -1.08. The first-order valence-corrected chi connectivity index (χ1v) is 30.1. The standard InChI is InChI=1S/C57H113N11O6/c1-4-6-8-10-12-14-16-18-20-22-24-26-28-41-51(69)63-45-35-32-39-48(65-52(70)42-29-27-25-23-21-19-17-15-13-11-9-7-5-2)54(72)67-49(38-31-34-44-59)55(73)68-50(40-36-46-64-57(60)61)56(74)66-47(53(71)62-3)37-30-33-43-58/h47-50H,4-46,58-59H2,1-3H3,(H,62,71)(H,63,69)(H,65,70)(H,66,74)(H,67,72)(H,68,73)(H4,60,61,64)/t47-,48+,49-,50+/m1/s1. The van der Waals surface area contributed by atoms with Crippen LogP contribution < -0.4 is 54.8 Å². The molecule has 432 valence electrons. The first-order valence-electron chi connectivity index (χ1n) is 30.1. The fraction of sp³-hybridized carbons (Fsp3) is 0.877. The van der Waals surface area contributed by atoms with Gasteiger partial charge in [0.05, 0.1) is 0 Å². The van der Waals surface area contributed by atoms with Crippen molar-refractivity contribution in [3.05, 3.63) is 0 Å². The van der Waals surface area contributed by atoms with Gasteiger partial charge in [-0.2, -0.15) is 0 Å². The first-order chi connectivity index (χ1) is 35.9. The van der Waals surface area contributed by atoms with Gasteiger partial charge < -0.3 is 54.8 Å². The van der Waals surface area contributed by atoms with Crippen LogP contribution in [0, 0.1) is 0 Å². The molecule has 17 nitrogen and oxygen atoms in total. The molecule has 0 aliphatic rings. The van der Waals surface area contributed by atoms with Crippen LogP contribution in [0.25, 0.3) is 0 Å². The first kappa shape index (κ1) is 70.0. The van der Waals surface area contributed by atoms with Crippen LogP contribution in [0.5, 0.6) is 0 Å². The number of nitrogens with one attached hydrogen (secondary N) is 6. The van der Waals surface area contributed by atoms with E-state index in [0.29, 0.717) is 90.3 Å². The van der Waals surface area contributed by atoms with Gasteiger partial charge in [-0.1, -0.05) is 168 Å². The number of nitrogens with two attached hydrogens (primary N) is 4. The van der Waals surface area contributed by atoms with Crippen molar-refractivity contribution in [1.82, 2.24) is 31.9 Å². The summed E-state index contributed by atoms with van der Waals surface area (Å²) >= 11 is 0. The Morgan fingerprint density at radius 2 is 0.703 bits per heavy atom. The van der Waals surface area contributed by atoms with Crippen molar-refractivity contribution in [2.45, 2.75) is 288 Å². The van der Waals surface area contributed by atoms with E-state index in [4.69, 9.17) is 22.9 Å². The van der Waals surface area contributed by atoms with E-state index in [-0.39, 0.29) is 49.5 Å². The number of nitrogens with zero attached hydrogens (tertiary/aromatic N) is 1. The third kappa shape index (κ3) is 42.3. The number of amides is 6. The van der Waals surface area contributed by atoms with Gasteiger partial charge in [-0.15, -0.1) is 0 Å². The third-order valence-electron chi connectivity index (χ3n) is 13.9. The maximum absolute atomic E-state index is 14.2. The molecule has 0 aromatic rings. The lowest BCUT2D eigenvalue weighted by Gasteiger charge is -2.26. The second kappa shape index (κ2) is 51.1. The van der Waals surface area contributed by atoms with E-state index in [1.165, 1.54) is 129 Å². The van der Waals surface area contributed by atoms with Gasteiger partial charge >= 0.3 is 0 Å². The average Bonchev–Trinajstić information content (AvgIpc) is 3.38. The van der Waals surface area contributed by atoms with Crippen molar-refractivity contribution in [1.29, 1.82) is 0 Å². The molecule has 0 saturated heterocycles. The minimum absolute atomic E-state index is 0.0266. The van der Waals surface area contributed by atoms with Gasteiger partial charge in [0.1, 0.15) is 24.2 Å². The molecule has 0 bridgehead atoms. The second-order valence-corrected chi connectivity index (χ2v) is 20.8. The van der Waals surface area contributed by atoms with E-state index in [1.807, 2.05) is 0 Å². The van der Waals surface area contributed by atoms with Gasteiger partial charge in [0.25, 0.3) is 0 Å². The molecule has 0 aliphatic heterocycles. The van der Waals surface area contributed by atoms with Crippen molar-refractivity contribution in [2.75, 3.05) is 33.2 Å². The second-order valence-electron chi connectivity index (χ2n) is 20.8. The Morgan fingerprint density at radius 1 is 0.378 bits per heavy atom. The molecule has 74 heavy (non-hydrogen) atoms. The number of carbonyl (C=O) groups excluding carboxylic acids is 6. The van der Waals surface area contributed by atoms with E-state index in [0.717, 1.165) is 38.5 Å². The number of guanidine groups is 1. The zero-order valence-electron chi connectivity index (χ0n) is 47.4. The van der Waals surface area contributed by atoms with Gasteiger partial charge in [-0.3, -0.25) is 33.8 Å². The number of hydrogen-bond donors (Lipinski definition) is 10. The summed E-state index contributed by atoms with van der Waals surface area (Å²) in [5, 5.41) is 17.1. The predicted molar refractivity (Wildman–Crippen MR) is 305 cm³/mol. The van der Waals surface area contributed by atoms with Crippen molar-refractivity contribution in [3.63, 3.8) is 0 Å². The lowest BCUT2D eigenvalue weighted by Crippen LogP contribution is -2.58. The molecule has 0 aliphatic carbocycles. The van der Waals surface area contributed by atoms with Gasteiger partial charge in [0.15, 0.2) is 5.96 Å². The zero-order valence-corrected chi connectivity index (χ0v) is 47.4. The van der Waals surface area contributed by atoms with Crippen LogP contribution >= 0.6 is 0 Å². The Kier molecular flexibility index (Phi) is 48.4. The Labute approximate surface area is 450 Å². The SMILES string of the molecule is CCCCCCCCCCCCCCCC(=O)NCCCC[C@H](NC(=O)CCCCCCCCCCCCCCC)C(=O)N[C@H](CCCCN)C(=O)N[C@@H](CCCN=C(N)N)C(=O)N[C@H](CCCCN)C(=O)NC. The molecular formula is C57H113N11O6. The molecule has 0 aromatic carbocycles. The lowest BCUT2D eigenvalue weighted by molar-refractivity contribution is -0.135. The quantitative estimate of drug-likeness (QED) is 0.0158. The Balaban J connectivity index is 5.67. The number of rotatable bonds is 53. The highest BCUT2D eigenvalue weighted by Crippen LogP contribution is 2.16. The molecule has 0 fully saturated rings. The summed E-state index contributed by atoms with van der Waals surface area (Å²) in [5.74, 6) is -2.32. The lowest BCUT2D eigenvalue weighted by atomic mass is 10.0. The third-order valence-corrected chi connectivity index (χ3v) is 13.9. The van der Waals surface area contributed by atoms with Crippen molar-refractivity contribution in [2.24, 2.45) is 27.9 Å². The number of likely N-dealkylation sites (N-methyl/N-ethyl adjacent to an activating group) is 1. The van der Waals surface area contributed by atoms with Crippen LogP contribution in [0.15, 0.2) is 4.99 Å². The molecule has 0 unspecified atom stereocenters. The summed E-state index contributed by atoms with van der Waals surface area (Å²) in [4.78, 5) is 85.1. The normalized spacial score (nSPS) is 12.8. The highest BCUT2D eigenvalue weighted by molar-refractivity contribution is 5.95. The molecule has 6 amide bonds. The molecule has 0 heterocycles. The number of hydrogen-bond acceptors (Lipinski definition) is 9. The summed E-state index contributed by atoms with van der Waals surface area (Å²) in [7, 11) is 1.49. The summed E-state index contributed by atoms with van der Waals surface area (Å²) < 4.78 is 0. The topological polar surface area (TPSA) is 291 Å². The maximum atomic E-state index is 14.2. The summed E-state index contributed by atoms with van der Waals surface area (Å²) in [6, 6.07) is -3.90. The molecule has 14 N–H and O–H groups in total. The van der Waals surface area contributed by atoms with Gasteiger partial charge in [0.2, 0.25) is 35.4 Å². The van der Waals surface area contributed by atoms with Gasteiger partial charge in [-0.05, 0) is 96.6 Å². The molecule has 0 spiro atoms. The van der Waals surface area contributed by atoms with Crippen molar-refractivity contribution < 1.29 is 28.8 Å². The molecule has 0 aromatic heterocycles. The Morgan fingerprint density at radius 3 is 1.07 bits per heavy atom. The number of carbonyl (C=O) groups is 6. The van der Waals surface area contributed by atoms with E-state index in [9.17, 15) is 28.8 Å². The maximum Gasteiger partial charge on any atom is 0.243 e. The van der Waals surface area contributed by atoms with Gasteiger partial charge in [0, 0.05) is 33.0 Å². The summed E-state index contributed by atoms with van der Waals surface area (Å²) in [6.45, 7) is 5.99. The fourth-order valence-corrected chi connectivity index (χ4v) is 9.22. The predicted octanol–water partition coefficient (Wildman–Crippen LogP) is 8.23. The summed E-state index contributed by atoms with van der Waals surface area (Å²) in [5.41, 5.74) is 22.6. The van der Waals surface area contributed by atoms with Gasteiger partial charge in [-0.25, -0.2) is 0 Å². The monoisotopic (exact) mass is 1050 g/mol. The number of aliphatic imine (C=N–C) groups is 1. The molecule has 0 saturated carbocycles. The van der Waals surface area contributed by atoms with Crippen LogP contribution in [-0.4, -0.2) is 98.8 Å². The smallest absolute Gasteiger partial charge is 0.243 e. The minimum Gasteiger partial charge on any atom is -0.370 e. The molecular weight excluding hydrogens is 935 g/mol. The van der Waals surface area contributed by atoms with Crippen LogP contribution in [-0.2, 0) is 28.8 Å². The van der Waals surface area contributed by atoms with E-state index in [2.05, 4.69) is 50.7 Å². The molecule has 0 radical (unpaired) electrons. The van der Waals surface area contributed by atoms with Crippen molar-refractivity contribution in [3.8, 4) is 0 Å². The van der Waals surface area contributed by atoms with E-state index in [1.54, 1.807) is 0 Å². The zero-order chi connectivity index (χ0) is 54.7. The fourth-order valence-electron chi connectivity index (χ4n) is 9.22. The number of unbranched alkanes of at least 4 members (excludes halogenated alkanes) is 27. The highest BCUT2D eigenvalue weighted by Gasteiger charge is 2.31. The average molecular weight is 1050 g/mol. The van der Waals surface area contributed by atoms with Crippen LogP contribution in [0.1, 0.15) is 264 Å². The van der Waals surface area contributed by atoms with E-state index >= 15 is 0 Å². The van der Waals surface area contributed by atoms with Crippen LogP contribution in [0.2, 0.25) is 0 Å². The summed E-state index contributed by atoms with van der Waals surface area (Å²) in [6.07, 6.45) is 37.5. The molecule has 17 heteroatoms. The molecule has 0 rings (SSSR count). The van der Waals surface area contributed by atoms with Crippen LogP contribution in [0.4, 0.5) is 0 Å².